The van der Waals surface area contributed by atoms with Gasteiger partial charge in [0.15, 0.2) is 0 Å². The Labute approximate surface area is 142 Å². The average molecular weight is 325 g/mol. The van der Waals surface area contributed by atoms with Gasteiger partial charge in [0.2, 0.25) is 5.91 Å². The van der Waals surface area contributed by atoms with Gasteiger partial charge < -0.3 is 5.32 Å². The normalized spacial score (nSPS) is 18.7. The maximum atomic E-state index is 12.2. The predicted molar refractivity (Wildman–Crippen MR) is 96.9 cm³/mol. The minimum Gasteiger partial charge on any atom is -0.326 e. The second-order valence-corrected chi connectivity index (χ2v) is 6.13. The van der Waals surface area contributed by atoms with Gasteiger partial charge in [0.25, 0.3) is 5.91 Å². The van der Waals surface area contributed by atoms with E-state index in [1.54, 1.807) is 24.3 Å². The van der Waals surface area contributed by atoms with Gasteiger partial charge in [0.05, 0.1) is 5.71 Å². The largest absolute Gasteiger partial charge is 0.326 e. The maximum Gasteiger partial charge on any atom is 0.271 e. The average Bonchev–Trinajstić information content (AvgIpc) is 2.53. The molecule has 1 aromatic rings. The topological polar surface area (TPSA) is 70.6 Å². The molecule has 0 aromatic heterocycles. The van der Waals surface area contributed by atoms with Gasteiger partial charge in [-0.05, 0) is 62.4 Å². The zero-order valence-electron chi connectivity index (χ0n) is 14.3. The maximum absolute atomic E-state index is 12.2. The minimum atomic E-state index is -0.276. The molecule has 1 aliphatic rings. The van der Waals surface area contributed by atoms with Gasteiger partial charge in [0, 0.05) is 18.2 Å². The van der Waals surface area contributed by atoms with Crippen LogP contribution in [0.15, 0.2) is 53.2 Å². The Balaban J connectivity index is 2.03. The van der Waals surface area contributed by atoms with Crippen molar-refractivity contribution in [2.24, 2.45) is 11.0 Å². The SMILES string of the molecule is C=C(C)[C@@H]1CC=C(C)C(=NNC(=O)c2ccc(NC(C)=O)cc2)C1. The molecule has 1 atom stereocenters. The molecular weight excluding hydrogens is 302 g/mol. The van der Waals surface area contributed by atoms with Gasteiger partial charge in [-0.25, -0.2) is 5.43 Å². The van der Waals surface area contributed by atoms with Gasteiger partial charge in [-0.15, -0.1) is 0 Å². The van der Waals surface area contributed by atoms with E-state index in [2.05, 4.69) is 28.5 Å². The van der Waals surface area contributed by atoms with Gasteiger partial charge in [-0.3, -0.25) is 9.59 Å². The van der Waals surface area contributed by atoms with E-state index in [1.165, 1.54) is 6.92 Å². The van der Waals surface area contributed by atoms with E-state index in [4.69, 9.17) is 0 Å². The monoisotopic (exact) mass is 325 g/mol. The third-order valence-electron chi connectivity index (χ3n) is 4.06. The molecule has 0 aliphatic heterocycles. The van der Waals surface area contributed by atoms with E-state index >= 15 is 0 Å². The van der Waals surface area contributed by atoms with Crippen molar-refractivity contribution in [2.45, 2.75) is 33.6 Å². The van der Waals surface area contributed by atoms with Crippen LogP contribution in [0.3, 0.4) is 0 Å². The molecule has 1 aromatic carbocycles. The van der Waals surface area contributed by atoms with Crippen LogP contribution in [0.4, 0.5) is 5.69 Å². The lowest BCUT2D eigenvalue weighted by Gasteiger charge is -2.22. The number of carbonyl (C=O) groups is 2. The highest BCUT2D eigenvalue weighted by molar-refractivity contribution is 6.02. The molecule has 0 unspecified atom stereocenters. The van der Waals surface area contributed by atoms with Crippen molar-refractivity contribution >= 4 is 23.2 Å². The first-order valence-electron chi connectivity index (χ1n) is 7.94. The molecule has 5 heteroatoms. The summed E-state index contributed by atoms with van der Waals surface area (Å²) in [5.41, 5.74) is 6.86. The number of hydrogen-bond donors (Lipinski definition) is 2. The summed E-state index contributed by atoms with van der Waals surface area (Å²) in [5, 5.41) is 6.94. The van der Waals surface area contributed by atoms with Crippen molar-refractivity contribution in [3.63, 3.8) is 0 Å². The zero-order valence-corrected chi connectivity index (χ0v) is 14.3. The molecule has 2 rings (SSSR count). The molecule has 0 spiro atoms. The molecule has 5 nitrogen and oxygen atoms in total. The van der Waals surface area contributed by atoms with Crippen LogP contribution >= 0.6 is 0 Å². The van der Waals surface area contributed by atoms with E-state index in [1.807, 2.05) is 13.8 Å². The standard InChI is InChI=1S/C19H23N3O2/c1-12(2)16-6-5-13(3)18(11-16)21-22-19(24)15-7-9-17(10-8-15)20-14(4)23/h5,7-10,16H,1,6,11H2,2-4H3,(H,20,23)(H,22,24)/t16-/m1/s1. The van der Waals surface area contributed by atoms with Crippen molar-refractivity contribution in [1.82, 2.24) is 5.43 Å². The summed E-state index contributed by atoms with van der Waals surface area (Å²) >= 11 is 0. The Bertz CT molecular complexity index is 715. The fourth-order valence-corrected chi connectivity index (χ4v) is 2.51. The Morgan fingerprint density at radius 2 is 1.88 bits per heavy atom. The molecule has 2 amide bonds. The predicted octanol–water partition coefficient (Wildman–Crippen LogP) is 3.66. The van der Waals surface area contributed by atoms with Crippen LogP contribution in [-0.4, -0.2) is 17.5 Å². The first kappa shape index (κ1) is 17.7. The summed E-state index contributed by atoms with van der Waals surface area (Å²) in [6, 6.07) is 6.68. The van der Waals surface area contributed by atoms with E-state index in [-0.39, 0.29) is 11.8 Å². The molecule has 0 fully saturated rings. The van der Waals surface area contributed by atoms with Crippen LogP contribution in [0.25, 0.3) is 0 Å². The van der Waals surface area contributed by atoms with Gasteiger partial charge in [-0.1, -0.05) is 18.2 Å². The Kier molecular flexibility index (Phi) is 5.68. The van der Waals surface area contributed by atoms with Crippen LogP contribution in [0.1, 0.15) is 44.0 Å². The molecule has 0 saturated heterocycles. The lowest BCUT2D eigenvalue weighted by molar-refractivity contribution is -0.114. The van der Waals surface area contributed by atoms with Gasteiger partial charge in [0.1, 0.15) is 0 Å². The Morgan fingerprint density at radius 1 is 1.21 bits per heavy atom. The fourth-order valence-electron chi connectivity index (χ4n) is 2.51. The van der Waals surface area contributed by atoms with E-state index in [0.29, 0.717) is 17.2 Å². The number of allylic oxidation sites excluding steroid dienone is 3. The van der Waals surface area contributed by atoms with Crippen LogP contribution in [0.2, 0.25) is 0 Å². The second kappa shape index (κ2) is 7.73. The second-order valence-electron chi connectivity index (χ2n) is 6.13. The van der Waals surface area contributed by atoms with Crippen LogP contribution in [0, 0.1) is 5.92 Å². The number of amides is 2. The number of carbonyl (C=O) groups excluding carboxylic acids is 2. The highest BCUT2D eigenvalue weighted by atomic mass is 16.2. The number of hydrogen-bond acceptors (Lipinski definition) is 3. The van der Waals surface area contributed by atoms with Gasteiger partial charge in [-0.2, -0.15) is 5.10 Å². The lowest BCUT2D eigenvalue weighted by Crippen LogP contribution is -2.23. The third kappa shape index (κ3) is 4.65. The first-order chi connectivity index (χ1) is 11.4. The molecule has 0 bridgehead atoms. The summed E-state index contributed by atoms with van der Waals surface area (Å²) < 4.78 is 0. The summed E-state index contributed by atoms with van der Waals surface area (Å²) in [5.74, 6) is -0.0476. The summed E-state index contributed by atoms with van der Waals surface area (Å²) in [7, 11) is 0. The fraction of sp³-hybridized carbons (Fsp3) is 0.316. The molecule has 126 valence electrons. The highest BCUT2D eigenvalue weighted by Gasteiger charge is 2.18. The number of hydrazone groups is 1. The Morgan fingerprint density at radius 3 is 2.46 bits per heavy atom. The van der Waals surface area contributed by atoms with E-state index in [0.717, 1.165) is 29.7 Å². The summed E-state index contributed by atoms with van der Waals surface area (Å²) in [6.07, 6.45) is 3.90. The molecule has 2 N–H and O–H groups in total. The number of nitrogens with zero attached hydrogens (tertiary/aromatic N) is 1. The van der Waals surface area contributed by atoms with Crippen molar-refractivity contribution in [3.8, 4) is 0 Å². The van der Waals surface area contributed by atoms with Crippen LogP contribution in [-0.2, 0) is 4.79 Å². The van der Waals surface area contributed by atoms with Crippen molar-refractivity contribution in [2.75, 3.05) is 5.32 Å². The molecular formula is C19H23N3O2. The molecule has 24 heavy (non-hydrogen) atoms. The van der Waals surface area contributed by atoms with Crippen LogP contribution in [0.5, 0.6) is 0 Å². The van der Waals surface area contributed by atoms with Crippen LogP contribution < -0.4 is 10.7 Å². The highest BCUT2D eigenvalue weighted by Crippen LogP contribution is 2.26. The minimum absolute atomic E-state index is 0.148. The summed E-state index contributed by atoms with van der Waals surface area (Å²) in [6.45, 7) is 9.47. The number of anilines is 1. The molecule has 0 radical (unpaired) electrons. The van der Waals surface area contributed by atoms with Crippen molar-refractivity contribution in [3.05, 3.63) is 53.6 Å². The zero-order chi connectivity index (χ0) is 17.7. The molecule has 0 heterocycles. The van der Waals surface area contributed by atoms with Gasteiger partial charge >= 0.3 is 0 Å². The smallest absolute Gasteiger partial charge is 0.271 e. The number of nitrogens with one attached hydrogen (secondary N) is 2. The Hall–Kier alpha value is -2.69. The third-order valence-corrected chi connectivity index (χ3v) is 4.06. The van der Waals surface area contributed by atoms with Crippen molar-refractivity contribution < 1.29 is 9.59 Å². The molecule has 1 aliphatic carbocycles. The first-order valence-corrected chi connectivity index (χ1v) is 7.94. The lowest BCUT2D eigenvalue weighted by atomic mass is 9.85. The number of benzene rings is 1. The number of rotatable bonds is 4. The quantitative estimate of drug-likeness (QED) is 0.655. The van der Waals surface area contributed by atoms with E-state index in [9.17, 15) is 9.59 Å². The van der Waals surface area contributed by atoms with Crippen molar-refractivity contribution in [1.29, 1.82) is 0 Å². The summed E-state index contributed by atoms with van der Waals surface area (Å²) in [4.78, 5) is 23.2. The van der Waals surface area contributed by atoms with E-state index < -0.39 is 0 Å². The molecule has 0 saturated carbocycles.